The van der Waals surface area contributed by atoms with Crippen LogP contribution in [0.25, 0.3) is 21.8 Å². The van der Waals surface area contributed by atoms with Crippen LogP contribution in [-0.2, 0) is 28.8 Å². The van der Waals surface area contributed by atoms with Gasteiger partial charge in [-0.2, -0.15) is 0 Å². The zero-order chi connectivity index (χ0) is 54.1. The Morgan fingerprint density at radius 2 is 0.987 bits per heavy atom. The molecule has 6 rings (SSSR count). The molecule has 0 radical (unpaired) electrons. The molecule has 4 heterocycles. The first-order chi connectivity index (χ1) is 35.1. The number of likely N-dealkylation sites (tertiary alicyclic amines) is 2. The van der Waals surface area contributed by atoms with Crippen LogP contribution >= 0.6 is 24.8 Å². The van der Waals surface area contributed by atoms with Crippen molar-refractivity contribution in [2.75, 3.05) is 65.3 Å². The summed E-state index contributed by atoms with van der Waals surface area (Å²) in [7, 11) is 6.26. The number of anilines is 2. The minimum Gasteiger partial charge on any atom is -0.494 e. The Labute approximate surface area is 455 Å². The quantitative estimate of drug-likeness (QED) is 0.0768. The van der Waals surface area contributed by atoms with E-state index in [0.717, 1.165) is 0 Å². The van der Waals surface area contributed by atoms with Gasteiger partial charge in [0.25, 0.3) is 0 Å². The van der Waals surface area contributed by atoms with Crippen molar-refractivity contribution in [3.63, 3.8) is 0 Å². The highest BCUT2D eigenvalue weighted by atomic mass is 35.5. The molecule has 0 bridgehead atoms. The highest BCUT2D eigenvalue weighted by Gasteiger charge is 2.44. The zero-order valence-corrected chi connectivity index (χ0v) is 46.8. The van der Waals surface area contributed by atoms with E-state index in [1.807, 2.05) is 41.5 Å². The van der Waals surface area contributed by atoms with Crippen molar-refractivity contribution in [1.29, 1.82) is 0 Å². The molecule has 2 fully saturated rings. The van der Waals surface area contributed by atoms with Crippen LogP contribution in [0.5, 0.6) is 23.3 Å². The molecule has 414 valence electrons. The maximum absolute atomic E-state index is 14.0. The maximum atomic E-state index is 14.0. The van der Waals surface area contributed by atoms with E-state index in [9.17, 15) is 28.8 Å². The molecule has 6 N–H and O–H groups in total. The summed E-state index contributed by atoms with van der Waals surface area (Å²) in [5.41, 5.74) is 0.307. The number of halogens is 2. The van der Waals surface area contributed by atoms with Crippen molar-refractivity contribution in [3.8, 4) is 35.1 Å². The Kier molecular flexibility index (Phi) is 21.8. The van der Waals surface area contributed by atoms with Gasteiger partial charge in [-0.25, -0.2) is 19.9 Å². The van der Waals surface area contributed by atoms with Crippen LogP contribution in [-0.4, -0.2) is 156 Å². The summed E-state index contributed by atoms with van der Waals surface area (Å²) in [4.78, 5) is 102. The summed E-state index contributed by atoms with van der Waals surface area (Å²) in [6, 6.07) is 2.20. The number of likely N-dealkylation sites (N-methyl/N-ethyl adjacent to an activating group) is 2. The zero-order valence-electron chi connectivity index (χ0n) is 45.2. The Hall–Kier alpha value is -6.80. The van der Waals surface area contributed by atoms with E-state index in [2.05, 4.69) is 63.7 Å². The minimum atomic E-state index is -0.869. The fourth-order valence-corrected chi connectivity index (χ4v) is 8.66. The van der Waals surface area contributed by atoms with Gasteiger partial charge in [-0.3, -0.25) is 28.8 Å². The largest absolute Gasteiger partial charge is 0.494 e. The van der Waals surface area contributed by atoms with Crippen LogP contribution in [0.15, 0.2) is 36.9 Å². The molecule has 2 aromatic heterocycles. The molecule has 2 aromatic carbocycles. The monoisotopic (exact) mass is 1090 g/mol. The molecule has 2 saturated heterocycles. The topological polar surface area (TPSA) is 270 Å². The number of hydrogen-bond acceptors (Lipinski definition) is 16. The fraction of sp³-hybridized carbons (Fsp3) is 0.538. The third-order valence-electron chi connectivity index (χ3n) is 13.2. The molecule has 76 heavy (non-hydrogen) atoms. The molecule has 0 saturated carbocycles. The molecule has 24 heteroatoms. The van der Waals surface area contributed by atoms with Gasteiger partial charge in [-0.05, 0) is 76.6 Å². The highest BCUT2D eigenvalue weighted by Crippen LogP contribution is 2.36. The van der Waals surface area contributed by atoms with Crippen molar-refractivity contribution in [2.45, 2.75) is 117 Å². The van der Waals surface area contributed by atoms with Crippen LogP contribution in [0.2, 0.25) is 0 Å². The van der Waals surface area contributed by atoms with Gasteiger partial charge in [0.15, 0.2) is 13.2 Å². The van der Waals surface area contributed by atoms with Gasteiger partial charge in [0.05, 0.1) is 59.5 Å². The van der Waals surface area contributed by atoms with Gasteiger partial charge in [0.2, 0.25) is 47.2 Å². The predicted molar refractivity (Wildman–Crippen MR) is 292 cm³/mol. The molecule has 4 aromatic rings. The van der Waals surface area contributed by atoms with E-state index < -0.39 is 58.9 Å². The molecule has 0 unspecified atom stereocenters. The number of aromatic nitrogens is 4. The molecule has 2 aliphatic heterocycles. The summed E-state index contributed by atoms with van der Waals surface area (Å²) < 4.78 is 23.3. The Bertz CT molecular complexity index is 2630. The van der Waals surface area contributed by atoms with E-state index in [1.165, 1.54) is 36.7 Å². The fourth-order valence-electron chi connectivity index (χ4n) is 8.66. The average molecular weight is 1100 g/mol. The average Bonchev–Trinajstić information content (AvgIpc) is 4.08. The van der Waals surface area contributed by atoms with E-state index in [4.69, 9.17) is 18.9 Å². The first-order valence-corrected chi connectivity index (χ1v) is 24.7. The molecule has 6 atom stereocenters. The predicted octanol–water partition coefficient (Wildman–Crippen LogP) is 4.03. The smallest absolute Gasteiger partial charge is 0.247 e. The highest BCUT2D eigenvalue weighted by molar-refractivity contribution is 6.03. The van der Waals surface area contributed by atoms with Crippen LogP contribution in [0.4, 0.5) is 11.4 Å². The summed E-state index contributed by atoms with van der Waals surface area (Å²) in [5, 5.41) is 18.4. The standard InChI is InChI=1S/C52H70N12O10.2ClH/c1-29(53-9)43(65)61-41(51(3,4)5)49(69)63-19-15-17-37(63)45(67)59-35-23-31-33(25-39(35)71-11)55-27-57-47(31)73-21-13-14-22-74-48-32-24-36(40(72-12)26-34(32)56-28-58-48)60-46(68)38-18-16-20-64(38)50(70)42(52(6,7)8)62-44(66)30(2)54-10;;/h23-30,37-38,41-42,53-54H,15-22H2,1-12H3,(H,59,67)(H,60,68)(H,61,65)(H,62,66);2*1H/t29-,30-,37-,38-,41+,42+;;/m0../s1. The van der Waals surface area contributed by atoms with Crippen LogP contribution in [0.1, 0.15) is 81.1 Å². The Morgan fingerprint density at radius 3 is 1.32 bits per heavy atom. The number of carbonyl (C=O) groups excluding carboxylic acids is 6. The first-order valence-electron chi connectivity index (χ1n) is 24.7. The van der Waals surface area contributed by atoms with Gasteiger partial charge in [0.1, 0.15) is 48.3 Å². The van der Waals surface area contributed by atoms with Crippen molar-refractivity contribution < 1.29 is 47.7 Å². The third-order valence-corrected chi connectivity index (χ3v) is 13.2. The molecule has 22 nitrogen and oxygen atoms in total. The molecular weight excluding hydrogens is 1020 g/mol. The van der Waals surface area contributed by atoms with E-state index >= 15 is 0 Å². The summed E-state index contributed by atoms with van der Waals surface area (Å²) in [5.74, 6) is 4.71. The number of nitrogens with one attached hydrogen (secondary N) is 6. The van der Waals surface area contributed by atoms with Crippen molar-refractivity contribution >= 4 is 93.4 Å². The maximum Gasteiger partial charge on any atom is 0.247 e. The molecule has 2 aliphatic rings. The van der Waals surface area contributed by atoms with Crippen LogP contribution in [0.3, 0.4) is 0 Å². The van der Waals surface area contributed by atoms with Gasteiger partial charge in [0, 0.05) is 25.2 Å². The number of methoxy groups -OCH3 is 2. The minimum absolute atomic E-state index is 0. The number of rotatable bonds is 18. The van der Waals surface area contributed by atoms with Gasteiger partial charge >= 0.3 is 0 Å². The molecule has 6 amide bonds. The lowest BCUT2D eigenvalue weighted by atomic mass is 9.85. The number of benzene rings is 2. The van der Waals surface area contributed by atoms with E-state index in [0.29, 0.717) is 83.5 Å². The van der Waals surface area contributed by atoms with Crippen LogP contribution < -0.4 is 50.8 Å². The van der Waals surface area contributed by atoms with Crippen molar-refractivity contribution in [2.24, 2.45) is 10.8 Å². The first kappa shape index (κ1) is 61.7. The lowest BCUT2D eigenvalue weighted by molar-refractivity contribution is -0.143. The lowest BCUT2D eigenvalue weighted by Crippen LogP contribution is -2.59. The molecule has 0 spiro atoms. The number of nitrogens with zero attached hydrogens (tertiary/aromatic N) is 6. The number of carbonyl (C=O) groups is 6. The SMILES string of the molecule is CN[C@@H](C)C(=O)N[C@H](C(=O)N1CCC[C@H]1C(=O)Nc1cc2c(OCC#CCOc3ncnc4cc(OC)c(NC(=O)[C@@H]5CCCN5C(=O)[C@@H](NC(=O)[C@H](C)NC)C(C)(C)C)cc34)ncnc2cc1OC)C(C)(C)C.Cl.Cl. The third kappa shape index (κ3) is 14.6. The van der Waals surface area contributed by atoms with E-state index in [1.54, 1.807) is 52.2 Å². The van der Waals surface area contributed by atoms with Crippen molar-refractivity contribution in [3.05, 3.63) is 36.9 Å². The normalized spacial score (nSPS) is 16.8. The number of amides is 6. The lowest BCUT2D eigenvalue weighted by Gasteiger charge is -2.36. The van der Waals surface area contributed by atoms with E-state index in [-0.39, 0.29) is 73.4 Å². The molecular formula is C52H72Cl2N12O10. The summed E-state index contributed by atoms with van der Waals surface area (Å²) >= 11 is 0. The second-order valence-electron chi connectivity index (χ2n) is 20.4. The number of hydrogen-bond donors (Lipinski definition) is 6. The van der Waals surface area contributed by atoms with Crippen LogP contribution in [0, 0.1) is 22.7 Å². The Morgan fingerprint density at radius 1 is 0.618 bits per heavy atom. The molecule has 0 aliphatic carbocycles. The summed E-state index contributed by atoms with van der Waals surface area (Å²) in [6.45, 7) is 15.1. The second kappa shape index (κ2) is 26.8. The number of ether oxygens (including phenoxy) is 4. The van der Waals surface area contributed by atoms with Gasteiger partial charge < -0.3 is 60.6 Å². The number of fused-ring (bicyclic) bond motifs is 2. The van der Waals surface area contributed by atoms with Crippen molar-refractivity contribution in [1.82, 2.24) is 51.0 Å². The summed E-state index contributed by atoms with van der Waals surface area (Å²) in [6.07, 6.45) is 4.73. The van der Waals surface area contributed by atoms with Gasteiger partial charge in [-0.1, -0.05) is 53.4 Å². The second-order valence-corrected chi connectivity index (χ2v) is 20.4. The Balaban J connectivity index is 0.00000624. The van der Waals surface area contributed by atoms with Gasteiger partial charge in [-0.15, -0.1) is 24.8 Å².